The first-order valence-electron chi connectivity index (χ1n) is 4.95. The summed E-state index contributed by atoms with van der Waals surface area (Å²) in [5, 5.41) is 18.1. The van der Waals surface area contributed by atoms with Crippen LogP contribution in [-0.4, -0.2) is 22.8 Å². The van der Waals surface area contributed by atoms with Gasteiger partial charge in [0.1, 0.15) is 17.1 Å². The van der Waals surface area contributed by atoms with Crippen molar-refractivity contribution in [1.82, 2.24) is 5.48 Å². The number of phenols is 1. The van der Waals surface area contributed by atoms with Gasteiger partial charge in [0.25, 0.3) is 5.91 Å². The number of hydroxylamine groups is 1. The van der Waals surface area contributed by atoms with Crippen LogP contribution >= 0.6 is 0 Å². The Morgan fingerprint density at radius 1 is 1.50 bits per heavy atom. The van der Waals surface area contributed by atoms with Crippen LogP contribution in [0, 0.1) is 5.92 Å². The van der Waals surface area contributed by atoms with Crippen molar-refractivity contribution >= 4 is 5.91 Å². The molecular formula is C11H15NO4. The van der Waals surface area contributed by atoms with Crippen LogP contribution in [-0.2, 0) is 0 Å². The molecule has 0 heterocycles. The van der Waals surface area contributed by atoms with Crippen LogP contribution in [0.15, 0.2) is 18.2 Å². The number of ether oxygens (including phenoxy) is 1. The summed E-state index contributed by atoms with van der Waals surface area (Å²) < 4.78 is 5.37. The largest absolute Gasteiger partial charge is 0.507 e. The maximum atomic E-state index is 11.3. The highest BCUT2D eigenvalue weighted by Gasteiger charge is 2.16. The zero-order valence-electron chi connectivity index (χ0n) is 9.23. The van der Waals surface area contributed by atoms with Gasteiger partial charge in [-0.3, -0.25) is 10.0 Å². The number of nitrogens with one attached hydrogen (secondary N) is 1. The smallest absolute Gasteiger partial charge is 0.282 e. The first kappa shape index (κ1) is 12.3. The number of hydrogen-bond acceptors (Lipinski definition) is 4. The van der Waals surface area contributed by atoms with Crippen molar-refractivity contribution in [3.05, 3.63) is 23.8 Å². The molecule has 1 aromatic carbocycles. The summed E-state index contributed by atoms with van der Waals surface area (Å²) in [5.74, 6) is -0.475. The molecule has 88 valence electrons. The summed E-state index contributed by atoms with van der Waals surface area (Å²) in [6.45, 7) is 4.36. The Morgan fingerprint density at radius 2 is 2.19 bits per heavy atom. The number of carbonyl (C=O) groups is 1. The van der Waals surface area contributed by atoms with Crippen LogP contribution in [0.2, 0.25) is 0 Å². The van der Waals surface area contributed by atoms with E-state index in [1.54, 1.807) is 12.1 Å². The Bertz CT molecular complexity index is 376. The monoisotopic (exact) mass is 225 g/mol. The van der Waals surface area contributed by atoms with Gasteiger partial charge in [-0.2, -0.15) is 0 Å². The quantitative estimate of drug-likeness (QED) is 0.536. The molecule has 0 aliphatic rings. The zero-order valence-corrected chi connectivity index (χ0v) is 9.23. The minimum atomic E-state index is -0.795. The van der Waals surface area contributed by atoms with Crippen molar-refractivity contribution in [2.45, 2.75) is 13.8 Å². The summed E-state index contributed by atoms with van der Waals surface area (Å²) in [7, 11) is 0. The number of benzene rings is 1. The molecule has 5 heteroatoms. The number of amides is 1. The number of aromatic hydroxyl groups is 1. The van der Waals surface area contributed by atoms with E-state index in [1.165, 1.54) is 11.5 Å². The highest BCUT2D eigenvalue weighted by atomic mass is 16.5. The molecule has 3 N–H and O–H groups in total. The summed E-state index contributed by atoms with van der Waals surface area (Å²) >= 11 is 0. The first-order valence-corrected chi connectivity index (χ1v) is 4.95. The van der Waals surface area contributed by atoms with Gasteiger partial charge >= 0.3 is 0 Å². The fourth-order valence-corrected chi connectivity index (χ4v) is 1.18. The van der Waals surface area contributed by atoms with E-state index in [0.717, 1.165) is 0 Å². The third-order valence-electron chi connectivity index (χ3n) is 1.91. The lowest BCUT2D eigenvalue weighted by Crippen LogP contribution is -2.20. The molecule has 0 radical (unpaired) electrons. The molecule has 0 unspecified atom stereocenters. The van der Waals surface area contributed by atoms with Gasteiger partial charge in [0, 0.05) is 0 Å². The van der Waals surface area contributed by atoms with Crippen molar-refractivity contribution in [2.24, 2.45) is 5.92 Å². The predicted molar refractivity (Wildman–Crippen MR) is 57.7 cm³/mol. The van der Waals surface area contributed by atoms with Gasteiger partial charge < -0.3 is 9.84 Å². The van der Waals surface area contributed by atoms with Gasteiger partial charge in [0.15, 0.2) is 0 Å². The second kappa shape index (κ2) is 5.37. The highest BCUT2D eigenvalue weighted by Crippen LogP contribution is 2.27. The SMILES string of the molecule is CC(C)COc1cccc(O)c1C(=O)NO. The molecule has 0 saturated heterocycles. The molecule has 16 heavy (non-hydrogen) atoms. The lowest BCUT2D eigenvalue weighted by atomic mass is 10.1. The van der Waals surface area contributed by atoms with Crippen LogP contribution in [0.25, 0.3) is 0 Å². The first-order chi connectivity index (χ1) is 7.56. The fraction of sp³-hybridized carbons (Fsp3) is 0.364. The summed E-state index contributed by atoms with van der Waals surface area (Å²) in [6.07, 6.45) is 0. The minimum absolute atomic E-state index is 0.0642. The van der Waals surface area contributed by atoms with Gasteiger partial charge in [-0.1, -0.05) is 19.9 Å². The van der Waals surface area contributed by atoms with Crippen LogP contribution in [0.5, 0.6) is 11.5 Å². The Hall–Kier alpha value is -1.75. The summed E-state index contributed by atoms with van der Waals surface area (Å²) in [4.78, 5) is 11.3. The van der Waals surface area contributed by atoms with E-state index in [4.69, 9.17) is 9.94 Å². The van der Waals surface area contributed by atoms with Crippen molar-refractivity contribution in [3.8, 4) is 11.5 Å². The van der Waals surface area contributed by atoms with Crippen molar-refractivity contribution in [2.75, 3.05) is 6.61 Å². The molecule has 0 aliphatic heterocycles. The maximum absolute atomic E-state index is 11.3. The van der Waals surface area contributed by atoms with Crippen molar-refractivity contribution in [1.29, 1.82) is 0 Å². The molecule has 0 bridgehead atoms. The Labute approximate surface area is 93.6 Å². The van der Waals surface area contributed by atoms with E-state index in [9.17, 15) is 9.90 Å². The Kier molecular flexibility index (Phi) is 4.13. The molecule has 0 spiro atoms. The van der Waals surface area contributed by atoms with Crippen LogP contribution in [0.3, 0.4) is 0 Å². The zero-order chi connectivity index (χ0) is 12.1. The van der Waals surface area contributed by atoms with E-state index in [-0.39, 0.29) is 17.1 Å². The van der Waals surface area contributed by atoms with E-state index in [2.05, 4.69) is 0 Å². The molecular weight excluding hydrogens is 210 g/mol. The maximum Gasteiger partial charge on any atom is 0.282 e. The molecule has 1 amide bonds. The third-order valence-corrected chi connectivity index (χ3v) is 1.91. The minimum Gasteiger partial charge on any atom is -0.507 e. The lowest BCUT2D eigenvalue weighted by molar-refractivity contribution is 0.0698. The lowest BCUT2D eigenvalue weighted by Gasteiger charge is -2.12. The third kappa shape index (κ3) is 2.87. The van der Waals surface area contributed by atoms with Crippen molar-refractivity contribution < 1.29 is 19.8 Å². The van der Waals surface area contributed by atoms with Gasteiger partial charge in [-0.15, -0.1) is 0 Å². The summed E-state index contributed by atoms with van der Waals surface area (Å²) in [5.41, 5.74) is 1.41. The normalized spacial score (nSPS) is 10.2. The number of phenolic OH excluding ortho intramolecular Hbond substituents is 1. The van der Waals surface area contributed by atoms with E-state index < -0.39 is 5.91 Å². The van der Waals surface area contributed by atoms with E-state index in [1.807, 2.05) is 13.8 Å². The fourth-order valence-electron chi connectivity index (χ4n) is 1.18. The predicted octanol–water partition coefficient (Wildman–Crippen LogP) is 1.55. The van der Waals surface area contributed by atoms with E-state index in [0.29, 0.717) is 12.5 Å². The molecule has 1 rings (SSSR count). The van der Waals surface area contributed by atoms with E-state index >= 15 is 0 Å². The molecule has 0 fully saturated rings. The molecule has 1 aromatic rings. The molecule has 0 saturated carbocycles. The highest BCUT2D eigenvalue weighted by molar-refractivity contribution is 5.98. The number of hydrogen-bond donors (Lipinski definition) is 3. The average molecular weight is 225 g/mol. The van der Waals surface area contributed by atoms with Crippen LogP contribution < -0.4 is 10.2 Å². The van der Waals surface area contributed by atoms with Gasteiger partial charge in [0.05, 0.1) is 6.61 Å². The molecule has 5 nitrogen and oxygen atoms in total. The van der Waals surface area contributed by atoms with Crippen molar-refractivity contribution in [3.63, 3.8) is 0 Å². The standard InChI is InChI=1S/C11H15NO4/c1-7(2)6-16-9-5-3-4-8(13)10(9)11(14)12-15/h3-5,7,13,15H,6H2,1-2H3,(H,12,14). The number of rotatable bonds is 4. The average Bonchev–Trinajstić information content (AvgIpc) is 2.25. The van der Waals surface area contributed by atoms with Gasteiger partial charge in [-0.25, -0.2) is 5.48 Å². The second-order valence-corrected chi connectivity index (χ2v) is 3.80. The Balaban J connectivity index is 2.98. The number of carbonyl (C=O) groups excluding carboxylic acids is 1. The topological polar surface area (TPSA) is 78.8 Å². The Morgan fingerprint density at radius 3 is 2.75 bits per heavy atom. The van der Waals surface area contributed by atoms with Gasteiger partial charge in [-0.05, 0) is 18.1 Å². The molecule has 0 aromatic heterocycles. The van der Waals surface area contributed by atoms with Gasteiger partial charge in [0.2, 0.25) is 0 Å². The van der Waals surface area contributed by atoms with Crippen LogP contribution in [0.1, 0.15) is 24.2 Å². The van der Waals surface area contributed by atoms with Crippen LogP contribution in [0.4, 0.5) is 0 Å². The summed E-state index contributed by atoms with van der Waals surface area (Å²) in [6, 6.07) is 4.48. The molecule has 0 aliphatic carbocycles. The second-order valence-electron chi connectivity index (χ2n) is 3.80. The molecule has 0 atom stereocenters.